The molecule has 9 nitrogen and oxygen atoms in total. The Morgan fingerprint density at radius 2 is 1.54 bits per heavy atom. The first-order valence-corrected chi connectivity index (χ1v) is 18.2. The average Bonchev–Trinajstić information content (AvgIpc) is 3.73. The monoisotopic (exact) mass is 697 g/mol. The quantitative estimate of drug-likeness (QED) is 0.122. The van der Waals surface area contributed by atoms with Crippen LogP contribution in [0.15, 0.2) is 84.2 Å². The lowest BCUT2D eigenvalue weighted by Gasteiger charge is -2.33. The maximum absolute atomic E-state index is 13.6. The molecule has 50 heavy (non-hydrogen) atoms. The first-order valence-electron chi connectivity index (χ1n) is 17.3. The fourth-order valence-corrected chi connectivity index (χ4v) is 7.65. The zero-order chi connectivity index (χ0) is 35.8. The zero-order valence-electron chi connectivity index (χ0n) is 29.4. The summed E-state index contributed by atoms with van der Waals surface area (Å²) in [6, 6.07) is 25.6. The van der Waals surface area contributed by atoms with Crippen molar-refractivity contribution in [2.45, 2.75) is 71.1 Å². The first kappa shape index (κ1) is 36.7. The van der Waals surface area contributed by atoms with Crippen molar-refractivity contribution in [3.05, 3.63) is 112 Å². The smallest absolute Gasteiger partial charge is 0.409 e. The van der Waals surface area contributed by atoms with E-state index in [-0.39, 0.29) is 48.5 Å². The number of rotatable bonds is 16. The molecular formula is C40H47N3O6S. The molecule has 0 spiro atoms. The fraction of sp³-hybridized carbons (Fsp3) is 0.400. The Kier molecular flexibility index (Phi) is 12.4. The molecule has 3 aromatic carbocycles. The third kappa shape index (κ3) is 8.78. The summed E-state index contributed by atoms with van der Waals surface area (Å²) in [4.78, 5) is 44.9. The Morgan fingerprint density at radius 3 is 2.14 bits per heavy atom. The molecule has 2 N–H and O–H groups in total. The summed E-state index contributed by atoms with van der Waals surface area (Å²) in [5.41, 5.74) is 5.93. The first-order chi connectivity index (χ1) is 24.1. The highest BCUT2D eigenvalue weighted by atomic mass is 32.1. The zero-order valence-corrected chi connectivity index (χ0v) is 30.2. The molecule has 0 saturated heterocycles. The minimum absolute atomic E-state index is 0.0343. The number of ether oxygens (including phenoxy) is 2. The van der Waals surface area contributed by atoms with Crippen LogP contribution in [0, 0.1) is 11.8 Å². The van der Waals surface area contributed by atoms with E-state index in [4.69, 9.17) is 9.47 Å². The van der Waals surface area contributed by atoms with Crippen LogP contribution in [0.2, 0.25) is 0 Å². The Hall–Kier alpha value is -4.54. The topological polar surface area (TPSA) is 118 Å². The van der Waals surface area contributed by atoms with Gasteiger partial charge in [0.05, 0.1) is 5.92 Å². The number of amides is 2. The van der Waals surface area contributed by atoms with Crippen LogP contribution in [0.3, 0.4) is 0 Å². The number of nitrogens with zero attached hydrogens (tertiary/aromatic N) is 2. The van der Waals surface area contributed by atoms with Crippen LogP contribution in [0.5, 0.6) is 0 Å². The van der Waals surface area contributed by atoms with Gasteiger partial charge in [-0.05, 0) is 53.5 Å². The second-order valence-corrected chi connectivity index (χ2v) is 14.2. The van der Waals surface area contributed by atoms with E-state index in [0.717, 1.165) is 16.7 Å². The lowest BCUT2D eigenvalue weighted by Crippen LogP contribution is -2.42. The number of nitrogens with one attached hydrogen (secondary N) is 1. The van der Waals surface area contributed by atoms with Crippen molar-refractivity contribution in [2.75, 3.05) is 20.3 Å². The molecule has 0 fully saturated rings. The lowest BCUT2D eigenvalue weighted by molar-refractivity contribution is -0.141. The predicted molar refractivity (Wildman–Crippen MR) is 195 cm³/mol. The molecule has 0 aliphatic heterocycles. The van der Waals surface area contributed by atoms with Crippen molar-refractivity contribution in [1.82, 2.24) is 15.2 Å². The molecule has 0 saturated carbocycles. The van der Waals surface area contributed by atoms with E-state index in [1.807, 2.05) is 61.5 Å². The molecule has 4 atom stereocenters. The van der Waals surface area contributed by atoms with Crippen LogP contribution < -0.4 is 5.32 Å². The minimum Gasteiger partial charge on any atom is -0.481 e. The number of carbonyl (C=O) groups is 3. The van der Waals surface area contributed by atoms with Gasteiger partial charge < -0.3 is 24.8 Å². The van der Waals surface area contributed by atoms with Crippen LogP contribution in [-0.4, -0.2) is 65.3 Å². The number of hydrogen-bond acceptors (Lipinski definition) is 7. The fourth-order valence-electron chi connectivity index (χ4n) is 6.79. The number of carboxylic acid groups (broad SMARTS) is 1. The van der Waals surface area contributed by atoms with Crippen LogP contribution >= 0.6 is 11.3 Å². The maximum Gasteiger partial charge on any atom is 0.409 e. The van der Waals surface area contributed by atoms with Crippen molar-refractivity contribution in [3.8, 4) is 11.1 Å². The van der Waals surface area contributed by atoms with E-state index < -0.39 is 24.1 Å². The van der Waals surface area contributed by atoms with Crippen molar-refractivity contribution >= 4 is 29.3 Å². The second-order valence-electron chi connectivity index (χ2n) is 13.3. The minimum atomic E-state index is -0.907. The highest BCUT2D eigenvalue weighted by molar-refractivity contribution is 7.09. The molecule has 2 amide bonds. The molecule has 1 heterocycles. The second kappa shape index (κ2) is 16.9. The summed E-state index contributed by atoms with van der Waals surface area (Å²) in [5.74, 6) is -1.85. The third-order valence-electron chi connectivity index (χ3n) is 9.46. The molecule has 264 valence electrons. The van der Waals surface area contributed by atoms with Crippen molar-refractivity contribution in [3.63, 3.8) is 0 Å². The number of carboxylic acids is 1. The van der Waals surface area contributed by atoms with Crippen LogP contribution in [0.1, 0.15) is 84.7 Å². The van der Waals surface area contributed by atoms with Gasteiger partial charge in [0.25, 0.3) is 5.91 Å². The molecule has 0 radical (unpaired) electrons. The number of hydrogen-bond donors (Lipinski definition) is 2. The predicted octanol–water partition coefficient (Wildman–Crippen LogP) is 7.97. The van der Waals surface area contributed by atoms with Crippen molar-refractivity contribution in [2.24, 2.45) is 11.8 Å². The van der Waals surface area contributed by atoms with E-state index in [1.165, 1.54) is 22.5 Å². The number of fused-ring (bicyclic) bond motifs is 3. The van der Waals surface area contributed by atoms with Gasteiger partial charge >= 0.3 is 12.1 Å². The summed E-state index contributed by atoms with van der Waals surface area (Å²) >= 11 is 1.34. The highest BCUT2D eigenvalue weighted by Gasteiger charge is 2.33. The molecule has 1 aliphatic carbocycles. The molecule has 10 heteroatoms. The van der Waals surface area contributed by atoms with Crippen molar-refractivity contribution in [1.29, 1.82) is 0 Å². The van der Waals surface area contributed by atoms with Gasteiger partial charge in [-0.2, -0.15) is 0 Å². The largest absolute Gasteiger partial charge is 0.481 e. The number of aliphatic carboxylic acids is 1. The normalized spacial score (nSPS) is 14.7. The number of carbonyl (C=O) groups excluding carboxylic acids is 2. The van der Waals surface area contributed by atoms with Gasteiger partial charge in [-0.1, -0.05) is 99.6 Å². The van der Waals surface area contributed by atoms with Gasteiger partial charge in [0.1, 0.15) is 23.4 Å². The lowest BCUT2D eigenvalue weighted by atomic mass is 9.96. The maximum atomic E-state index is 13.6. The van der Waals surface area contributed by atoms with Crippen LogP contribution in [-0.2, 0) is 20.7 Å². The summed E-state index contributed by atoms with van der Waals surface area (Å²) < 4.78 is 12.1. The third-order valence-corrected chi connectivity index (χ3v) is 10.4. The van der Waals surface area contributed by atoms with Gasteiger partial charge in [0.15, 0.2) is 0 Å². The van der Waals surface area contributed by atoms with Crippen LogP contribution in [0.4, 0.5) is 4.79 Å². The van der Waals surface area contributed by atoms with E-state index in [9.17, 15) is 19.5 Å². The number of thiazole rings is 1. The van der Waals surface area contributed by atoms with Gasteiger partial charge in [-0.25, -0.2) is 9.78 Å². The molecule has 1 aromatic heterocycles. The SMILES string of the molecule is CCO[C@H](C[C@H](C(C)C)N(C)C(=O)OCC1c2ccccc2-c2ccccc21)c1nc(C(=O)N[C@@H](Cc2ccccc2)C[C@H](C)C(=O)O)cs1. The van der Waals surface area contributed by atoms with E-state index in [2.05, 4.69) is 48.4 Å². The molecule has 0 unspecified atom stereocenters. The van der Waals surface area contributed by atoms with E-state index in [1.54, 1.807) is 24.3 Å². The summed E-state index contributed by atoms with van der Waals surface area (Å²) in [7, 11) is 1.76. The standard InChI is InChI=1S/C40H47N3O6S/c1-6-48-36(38-42-34(24-50-38)37(44)41-28(20-26(4)39(45)46)21-27-14-8-7-9-15-27)22-35(25(2)3)43(5)40(47)49-23-33-31-18-12-10-16-29(31)30-17-11-13-19-32(30)33/h7-19,24-26,28,33,35-36H,6,20-23H2,1-5H3,(H,41,44)(H,45,46)/t26-,28+,35+,36+/m0/s1. The Balaban J connectivity index is 1.25. The van der Waals surface area contributed by atoms with Crippen molar-refractivity contribution < 1.29 is 29.0 Å². The van der Waals surface area contributed by atoms with Gasteiger partial charge in [-0.3, -0.25) is 9.59 Å². The molecule has 5 rings (SSSR count). The summed E-state index contributed by atoms with van der Waals surface area (Å²) in [6.07, 6.45) is 0.400. The Labute approximate surface area is 298 Å². The van der Waals surface area contributed by atoms with Gasteiger partial charge in [-0.15, -0.1) is 11.3 Å². The Bertz CT molecular complexity index is 1710. The molecule has 4 aromatic rings. The molecular weight excluding hydrogens is 651 g/mol. The van der Waals surface area contributed by atoms with Crippen LogP contribution in [0.25, 0.3) is 11.1 Å². The summed E-state index contributed by atoms with van der Waals surface area (Å²) in [6.45, 7) is 8.34. The number of benzene rings is 3. The highest BCUT2D eigenvalue weighted by Crippen LogP contribution is 2.44. The molecule has 1 aliphatic rings. The summed E-state index contributed by atoms with van der Waals surface area (Å²) in [5, 5.41) is 14.9. The Morgan fingerprint density at radius 1 is 0.920 bits per heavy atom. The van der Waals surface area contributed by atoms with E-state index in [0.29, 0.717) is 24.5 Å². The van der Waals surface area contributed by atoms with Gasteiger partial charge in [0, 0.05) is 43.5 Å². The van der Waals surface area contributed by atoms with Gasteiger partial charge in [0.2, 0.25) is 0 Å². The molecule has 0 bridgehead atoms. The van der Waals surface area contributed by atoms with E-state index >= 15 is 0 Å². The number of aromatic nitrogens is 1. The average molecular weight is 698 g/mol.